The summed E-state index contributed by atoms with van der Waals surface area (Å²) in [7, 11) is 0. The van der Waals surface area contributed by atoms with Crippen LogP contribution in [0.5, 0.6) is 0 Å². The highest BCUT2D eigenvalue weighted by Crippen LogP contribution is 2.29. The van der Waals surface area contributed by atoms with Crippen molar-refractivity contribution in [2.45, 2.75) is 25.7 Å². The lowest BCUT2D eigenvalue weighted by Gasteiger charge is -2.14. The zero-order valence-electron chi connectivity index (χ0n) is 10.7. The summed E-state index contributed by atoms with van der Waals surface area (Å²) < 4.78 is 43.4. The minimum atomic E-state index is -4.30. The molecule has 20 heavy (non-hydrogen) atoms. The summed E-state index contributed by atoms with van der Waals surface area (Å²) >= 11 is 3.21. The molecule has 0 aliphatic carbocycles. The number of nitrogens with one attached hydrogen (secondary N) is 1. The SMILES string of the molecule is CC(NCc1ccc(Br)o1)c1ccc(C(F)(F)F)cc1. The van der Waals surface area contributed by atoms with Crippen LogP contribution in [0.25, 0.3) is 0 Å². The van der Waals surface area contributed by atoms with Gasteiger partial charge < -0.3 is 9.73 Å². The van der Waals surface area contributed by atoms with Gasteiger partial charge in [0, 0.05) is 6.04 Å². The van der Waals surface area contributed by atoms with Gasteiger partial charge in [-0.1, -0.05) is 12.1 Å². The average Bonchev–Trinajstić information content (AvgIpc) is 2.81. The second kappa shape index (κ2) is 6.01. The Bertz CT molecular complexity index is 563. The standard InChI is InChI=1S/C14H13BrF3NO/c1-9(19-8-12-6-7-13(15)20-12)10-2-4-11(5-3-10)14(16,17)18/h2-7,9,19H,8H2,1H3. The number of benzene rings is 1. The van der Waals surface area contributed by atoms with Gasteiger partial charge in [-0.15, -0.1) is 0 Å². The lowest BCUT2D eigenvalue weighted by molar-refractivity contribution is -0.137. The molecule has 0 spiro atoms. The predicted octanol–water partition coefficient (Wildman–Crippen LogP) is 4.91. The van der Waals surface area contributed by atoms with E-state index in [1.165, 1.54) is 12.1 Å². The third-order valence-corrected chi connectivity index (χ3v) is 3.38. The van der Waals surface area contributed by atoms with Gasteiger partial charge in [-0.3, -0.25) is 0 Å². The summed E-state index contributed by atoms with van der Waals surface area (Å²) in [5.74, 6) is 0.760. The largest absolute Gasteiger partial charge is 0.453 e. The second-order valence-electron chi connectivity index (χ2n) is 4.43. The summed E-state index contributed by atoms with van der Waals surface area (Å²) in [6.07, 6.45) is -4.30. The normalized spacial score (nSPS) is 13.4. The summed E-state index contributed by atoms with van der Waals surface area (Å²) in [6, 6.07) is 8.71. The number of rotatable bonds is 4. The molecule has 1 unspecified atom stereocenters. The lowest BCUT2D eigenvalue weighted by Crippen LogP contribution is -2.18. The zero-order valence-corrected chi connectivity index (χ0v) is 12.3. The molecule has 0 saturated carbocycles. The van der Waals surface area contributed by atoms with Gasteiger partial charge in [0.1, 0.15) is 5.76 Å². The molecule has 0 radical (unpaired) electrons. The van der Waals surface area contributed by atoms with E-state index >= 15 is 0 Å². The fraction of sp³-hybridized carbons (Fsp3) is 0.286. The van der Waals surface area contributed by atoms with E-state index in [2.05, 4.69) is 21.2 Å². The fourth-order valence-corrected chi connectivity index (χ4v) is 2.12. The van der Waals surface area contributed by atoms with Gasteiger partial charge in [-0.25, -0.2) is 0 Å². The zero-order chi connectivity index (χ0) is 14.8. The third kappa shape index (κ3) is 3.86. The smallest absolute Gasteiger partial charge is 0.416 e. The quantitative estimate of drug-likeness (QED) is 0.849. The Morgan fingerprint density at radius 1 is 1.15 bits per heavy atom. The van der Waals surface area contributed by atoms with Gasteiger partial charge in [-0.2, -0.15) is 13.2 Å². The van der Waals surface area contributed by atoms with E-state index in [9.17, 15) is 13.2 Å². The number of alkyl halides is 3. The first kappa shape index (κ1) is 15.1. The van der Waals surface area contributed by atoms with Crippen molar-refractivity contribution in [2.75, 3.05) is 0 Å². The predicted molar refractivity (Wildman–Crippen MR) is 73.1 cm³/mol. The molecule has 0 saturated heterocycles. The van der Waals surface area contributed by atoms with Crippen molar-refractivity contribution < 1.29 is 17.6 Å². The monoisotopic (exact) mass is 347 g/mol. The molecule has 0 bridgehead atoms. The van der Waals surface area contributed by atoms with Gasteiger partial charge in [0.2, 0.25) is 0 Å². The molecule has 2 nitrogen and oxygen atoms in total. The number of hydrogen-bond donors (Lipinski definition) is 1. The highest BCUT2D eigenvalue weighted by Gasteiger charge is 2.30. The minimum absolute atomic E-state index is 0.0684. The molecule has 0 aliphatic rings. The topological polar surface area (TPSA) is 25.2 Å². The summed E-state index contributed by atoms with van der Waals surface area (Å²) in [4.78, 5) is 0. The fourth-order valence-electron chi connectivity index (χ4n) is 1.78. The Morgan fingerprint density at radius 2 is 1.80 bits per heavy atom. The Labute approximate surface area is 123 Å². The highest BCUT2D eigenvalue weighted by atomic mass is 79.9. The maximum absolute atomic E-state index is 12.5. The molecule has 0 amide bonds. The molecule has 1 aromatic carbocycles. The van der Waals surface area contributed by atoms with Crippen LogP contribution < -0.4 is 5.32 Å². The van der Waals surface area contributed by atoms with Crippen molar-refractivity contribution in [1.29, 1.82) is 0 Å². The van der Waals surface area contributed by atoms with Crippen LogP contribution in [0.3, 0.4) is 0 Å². The average molecular weight is 348 g/mol. The van der Waals surface area contributed by atoms with Crippen LogP contribution in [0.15, 0.2) is 45.5 Å². The van der Waals surface area contributed by atoms with Crippen molar-refractivity contribution in [3.05, 3.63) is 58.0 Å². The van der Waals surface area contributed by atoms with Crippen molar-refractivity contribution in [1.82, 2.24) is 5.32 Å². The van der Waals surface area contributed by atoms with Gasteiger partial charge in [0.05, 0.1) is 12.1 Å². The van der Waals surface area contributed by atoms with E-state index in [-0.39, 0.29) is 6.04 Å². The van der Waals surface area contributed by atoms with Crippen LogP contribution in [0, 0.1) is 0 Å². The molecule has 0 fully saturated rings. The third-order valence-electron chi connectivity index (χ3n) is 2.95. The van der Waals surface area contributed by atoms with Crippen molar-refractivity contribution >= 4 is 15.9 Å². The Balaban J connectivity index is 1.97. The van der Waals surface area contributed by atoms with Gasteiger partial charge in [0.25, 0.3) is 0 Å². The highest BCUT2D eigenvalue weighted by molar-refractivity contribution is 9.10. The van der Waals surface area contributed by atoms with E-state index in [4.69, 9.17) is 4.42 Å². The molecular weight excluding hydrogens is 335 g/mol. The van der Waals surface area contributed by atoms with Gasteiger partial charge in [0.15, 0.2) is 4.67 Å². The van der Waals surface area contributed by atoms with E-state index in [0.717, 1.165) is 23.5 Å². The molecule has 108 valence electrons. The molecule has 1 heterocycles. The molecule has 0 aliphatic heterocycles. The van der Waals surface area contributed by atoms with Crippen molar-refractivity contribution in [3.63, 3.8) is 0 Å². The summed E-state index contributed by atoms with van der Waals surface area (Å²) in [5.41, 5.74) is 0.159. The summed E-state index contributed by atoms with van der Waals surface area (Å²) in [6.45, 7) is 2.40. The second-order valence-corrected chi connectivity index (χ2v) is 5.21. The molecule has 1 aromatic heterocycles. The maximum Gasteiger partial charge on any atom is 0.416 e. The molecule has 2 aromatic rings. The summed E-state index contributed by atoms with van der Waals surface area (Å²) in [5, 5.41) is 3.19. The van der Waals surface area contributed by atoms with E-state index in [1.807, 2.05) is 13.0 Å². The van der Waals surface area contributed by atoms with Crippen molar-refractivity contribution in [2.24, 2.45) is 0 Å². The van der Waals surface area contributed by atoms with E-state index < -0.39 is 11.7 Å². The van der Waals surface area contributed by atoms with Crippen LogP contribution in [0.1, 0.15) is 29.9 Å². The van der Waals surface area contributed by atoms with Crippen LogP contribution in [0.2, 0.25) is 0 Å². The Morgan fingerprint density at radius 3 is 2.30 bits per heavy atom. The first-order valence-corrected chi connectivity index (χ1v) is 6.80. The molecule has 1 N–H and O–H groups in total. The number of halogens is 4. The molecule has 2 rings (SSSR count). The van der Waals surface area contributed by atoms with Crippen LogP contribution in [0.4, 0.5) is 13.2 Å². The van der Waals surface area contributed by atoms with Crippen LogP contribution in [-0.4, -0.2) is 0 Å². The maximum atomic E-state index is 12.5. The number of furan rings is 1. The van der Waals surface area contributed by atoms with Gasteiger partial charge in [-0.05, 0) is 52.7 Å². The van der Waals surface area contributed by atoms with Crippen molar-refractivity contribution in [3.8, 4) is 0 Å². The first-order chi connectivity index (χ1) is 9.36. The van der Waals surface area contributed by atoms with E-state index in [0.29, 0.717) is 11.2 Å². The molecule has 6 heteroatoms. The van der Waals surface area contributed by atoms with Crippen LogP contribution in [-0.2, 0) is 12.7 Å². The molecular formula is C14H13BrF3NO. The molecule has 1 atom stereocenters. The number of hydrogen-bond acceptors (Lipinski definition) is 2. The lowest BCUT2D eigenvalue weighted by atomic mass is 10.1. The Hall–Kier alpha value is -1.27. The Kier molecular flexibility index (Phi) is 4.55. The van der Waals surface area contributed by atoms with Crippen LogP contribution >= 0.6 is 15.9 Å². The minimum Gasteiger partial charge on any atom is -0.453 e. The first-order valence-electron chi connectivity index (χ1n) is 6.01. The van der Waals surface area contributed by atoms with E-state index in [1.54, 1.807) is 6.07 Å². The van der Waals surface area contributed by atoms with Gasteiger partial charge >= 0.3 is 6.18 Å².